The molecular weight excluding hydrogens is 264 g/mol. The van der Waals surface area contributed by atoms with Crippen molar-refractivity contribution in [1.29, 1.82) is 0 Å². The average Bonchev–Trinajstić information content (AvgIpc) is 2.54. The van der Waals surface area contributed by atoms with Gasteiger partial charge in [-0.3, -0.25) is 4.79 Å². The average molecular weight is 284 g/mol. The number of carbonyl (C=O) groups is 1. The van der Waals surface area contributed by atoms with Gasteiger partial charge >= 0.3 is 0 Å². The summed E-state index contributed by atoms with van der Waals surface area (Å²) < 4.78 is 10.7. The first-order valence-corrected chi connectivity index (χ1v) is 7.12. The van der Waals surface area contributed by atoms with Gasteiger partial charge in [0, 0.05) is 5.56 Å². The minimum absolute atomic E-state index is 0.00744. The number of aryl methyl sites for hydroxylation is 1. The Labute approximate surface area is 125 Å². The van der Waals surface area contributed by atoms with Crippen LogP contribution in [0.4, 0.5) is 0 Å². The lowest BCUT2D eigenvalue weighted by molar-refractivity contribution is 0.0919. The summed E-state index contributed by atoms with van der Waals surface area (Å²) in [4.78, 5) is 12.1. The standard InChI is InChI=1S/C18H20O3/c1-3-6-14-9-11-15(12-10-14)16(19)13-21-18-8-5-4-7-17(18)20-2/h4-5,7-12H,3,6,13H2,1-2H3. The minimum atomic E-state index is -0.0380. The van der Waals surface area contributed by atoms with E-state index in [2.05, 4.69) is 6.92 Å². The number of carbonyl (C=O) groups excluding carboxylic acids is 1. The number of ether oxygens (including phenoxy) is 2. The van der Waals surface area contributed by atoms with Gasteiger partial charge in [0.15, 0.2) is 23.9 Å². The molecule has 3 heteroatoms. The molecule has 0 amide bonds. The molecule has 0 spiro atoms. The fourth-order valence-corrected chi connectivity index (χ4v) is 2.11. The van der Waals surface area contributed by atoms with Crippen molar-refractivity contribution in [1.82, 2.24) is 0 Å². The van der Waals surface area contributed by atoms with E-state index in [0.717, 1.165) is 12.8 Å². The van der Waals surface area contributed by atoms with Crippen molar-refractivity contribution in [3.05, 3.63) is 59.7 Å². The molecule has 0 saturated heterocycles. The smallest absolute Gasteiger partial charge is 0.200 e. The zero-order chi connectivity index (χ0) is 15.1. The number of hydrogen-bond acceptors (Lipinski definition) is 3. The zero-order valence-electron chi connectivity index (χ0n) is 12.5. The van der Waals surface area contributed by atoms with Gasteiger partial charge < -0.3 is 9.47 Å². The third-order valence-corrected chi connectivity index (χ3v) is 3.24. The van der Waals surface area contributed by atoms with Crippen LogP contribution >= 0.6 is 0 Å². The largest absolute Gasteiger partial charge is 0.493 e. The molecule has 2 aromatic carbocycles. The molecule has 2 aromatic rings. The molecule has 0 aliphatic heterocycles. The minimum Gasteiger partial charge on any atom is -0.493 e. The first kappa shape index (κ1) is 15.1. The van der Waals surface area contributed by atoms with Crippen LogP contribution < -0.4 is 9.47 Å². The molecular formula is C18H20O3. The molecule has 2 rings (SSSR count). The molecule has 110 valence electrons. The fraction of sp³-hybridized carbons (Fsp3) is 0.278. The summed E-state index contributed by atoms with van der Waals surface area (Å²) in [5, 5.41) is 0. The Morgan fingerprint density at radius 3 is 2.29 bits per heavy atom. The molecule has 0 aliphatic rings. The maximum Gasteiger partial charge on any atom is 0.200 e. The van der Waals surface area contributed by atoms with Gasteiger partial charge in [-0.2, -0.15) is 0 Å². The summed E-state index contributed by atoms with van der Waals surface area (Å²) >= 11 is 0. The normalized spacial score (nSPS) is 10.2. The number of hydrogen-bond donors (Lipinski definition) is 0. The van der Waals surface area contributed by atoms with E-state index in [9.17, 15) is 4.79 Å². The second-order valence-corrected chi connectivity index (χ2v) is 4.81. The Hall–Kier alpha value is -2.29. The van der Waals surface area contributed by atoms with Gasteiger partial charge in [-0.05, 0) is 24.1 Å². The quantitative estimate of drug-likeness (QED) is 0.723. The summed E-state index contributed by atoms with van der Waals surface area (Å²) in [7, 11) is 1.58. The molecule has 0 radical (unpaired) electrons. The van der Waals surface area contributed by atoms with E-state index in [0.29, 0.717) is 17.1 Å². The van der Waals surface area contributed by atoms with Crippen LogP contribution in [0.15, 0.2) is 48.5 Å². The highest BCUT2D eigenvalue weighted by atomic mass is 16.5. The van der Waals surface area contributed by atoms with Gasteiger partial charge in [-0.1, -0.05) is 49.7 Å². The Morgan fingerprint density at radius 1 is 1.00 bits per heavy atom. The number of Topliss-reactive ketones (excluding diaryl/α,β-unsaturated/α-hetero) is 1. The van der Waals surface area contributed by atoms with Gasteiger partial charge in [0.1, 0.15) is 0 Å². The van der Waals surface area contributed by atoms with E-state index in [1.807, 2.05) is 36.4 Å². The van der Waals surface area contributed by atoms with Crippen LogP contribution in [0.1, 0.15) is 29.3 Å². The highest BCUT2D eigenvalue weighted by molar-refractivity contribution is 5.97. The van der Waals surface area contributed by atoms with Crippen LogP contribution in [0, 0.1) is 0 Å². The van der Waals surface area contributed by atoms with E-state index in [1.165, 1.54) is 5.56 Å². The molecule has 0 fully saturated rings. The summed E-state index contributed by atoms with van der Waals surface area (Å²) in [6, 6.07) is 15.0. The predicted molar refractivity (Wildman–Crippen MR) is 83.3 cm³/mol. The van der Waals surface area contributed by atoms with Crippen LogP contribution in [-0.2, 0) is 6.42 Å². The number of benzene rings is 2. The van der Waals surface area contributed by atoms with Crippen LogP contribution in [-0.4, -0.2) is 19.5 Å². The maximum absolute atomic E-state index is 12.1. The molecule has 3 nitrogen and oxygen atoms in total. The maximum atomic E-state index is 12.1. The Morgan fingerprint density at radius 2 is 1.67 bits per heavy atom. The summed E-state index contributed by atoms with van der Waals surface area (Å²) in [6.07, 6.45) is 2.14. The molecule has 0 aromatic heterocycles. The third-order valence-electron chi connectivity index (χ3n) is 3.24. The van der Waals surface area contributed by atoms with Crippen LogP contribution in [0.25, 0.3) is 0 Å². The molecule has 0 N–H and O–H groups in total. The van der Waals surface area contributed by atoms with Crippen LogP contribution in [0.2, 0.25) is 0 Å². The van der Waals surface area contributed by atoms with Crippen molar-refractivity contribution in [3.63, 3.8) is 0 Å². The second kappa shape index (κ2) is 7.48. The van der Waals surface area contributed by atoms with Crippen molar-refractivity contribution < 1.29 is 14.3 Å². The molecule has 0 heterocycles. The summed E-state index contributed by atoms with van der Waals surface area (Å²) in [5.41, 5.74) is 1.92. The van der Waals surface area contributed by atoms with E-state index >= 15 is 0 Å². The van der Waals surface area contributed by atoms with Gasteiger partial charge in [0.05, 0.1) is 7.11 Å². The lowest BCUT2D eigenvalue weighted by Gasteiger charge is -2.09. The SMILES string of the molecule is CCCc1ccc(C(=O)COc2ccccc2OC)cc1. The molecule has 0 aliphatic carbocycles. The Bertz CT molecular complexity index is 588. The molecule has 21 heavy (non-hydrogen) atoms. The number of para-hydroxylation sites is 2. The number of rotatable bonds is 7. The second-order valence-electron chi connectivity index (χ2n) is 4.81. The monoisotopic (exact) mass is 284 g/mol. The van der Waals surface area contributed by atoms with Crippen molar-refractivity contribution in [3.8, 4) is 11.5 Å². The van der Waals surface area contributed by atoms with Crippen molar-refractivity contribution >= 4 is 5.78 Å². The number of methoxy groups -OCH3 is 1. The van der Waals surface area contributed by atoms with Crippen molar-refractivity contribution in [2.75, 3.05) is 13.7 Å². The van der Waals surface area contributed by atoms with E-state index < -0.39 is 0 Å². The van der Waals surface area contributed by atoms with Crippen LogP contribution in [0.5, 0.6) is 11.5 Å². The molecule has 0 saturated carbocycles. The van der Waals surface area contributed by atoms with Gasteiger partial charge in [0.25, 0.3) is 0 Å². The van der Waals surface area contributed by atoms with Crippen molar-refractivity contribution in [2.45, 2.75) is 19.8 Å². The van der Waals surface area contributed by atoms with E-state index in [1.54, 1.807) is 19.2 Å². The van der Waals surface area contributed by atoms with Crippen LogP contribution in [0.3, 0.4) is 0 Å². The fourth-order valence-electron chi connectivity index (χ4n) is 2.11. The van der Waals surface area contributed by atoms with E-state index in [4.69, 9.17) is 9.47 Å². The molecule has 0 atom stereocenters. The van der Waals surface area contributed by atoms with E-state index in [-0.39, 0.29) is 12.4 Å². The zero-order valence-corrected chi connectivity index (χ0v) is 12.5. The number of ketones is 1. The van der Waals surface area contributed by atoms with Gasteiger partial charge in [0.2, 0.25) is 0 Å². The summed E-state index contributed by atoms with van der Waals surface area (Å²) in [5.74, 6) is 1.17. The lowest BCUT2D eigenvalue weighted by atomic mass is 10.1. The highest BCUT2D eigenvalue weighted by Crippen LogP contribution is 2.25. The molecule has 0 unspecified atom stereocenters. The molecule has 0 bridgehead atoms. The Balaban J connectivity index is 1.98. The first-order chi connectivity index (χ1) is 10.2. The van der Waals surface area contributed by atoms with Gasteiger partial charge in [-0.15, -0.1) is 0 Å². The summed E-state index contributed by atoms with van der Waals surface area (Å²) in [6.45, 7) is 2.15. The Kier molecular flexibility index (Phi) is 5.38. The first-order valence-electron chi connectivity index (χ1n) is 7.12. The predicted octanol–water partition coefficient (Wildman–Crippen LogP) is 3.91. The van der Waals surface area contributed by atoms with Crippen molar-refractivity contribution in [2.24, 2.45) is 0 Å². The highest BCUT2D eigenvalue weighted by Gasteiger charge is 2.09. The topological polar surface area (TPSA) is 35.5 Å². The van der Waals surface area contributed by atoms with Gasteiger partial charge in [-0.25, -0.2) is 0 Å². The third kappa shape index (κ3) is 4.09. The lowest BCUT2D eigenvalue weighted by Crippen LogP contribution is -2.12.